The normalized spacial score (nSPS) is 17.5. The first-order chi connectivity index (χ1) is 7.29. The Hall–Kier alpha value is -1.90. The fourth-order valence-electron chi connectivity index (χ4n) is 1.61. The highest BCUT2D eigenvalue weighted by Crippen LogP contribution is 2.21. The second kappa shape index (κ2) is 4.09. The Labute approximate surface area is 89.2 Å². The van der Waals surface area contributed by atoms with Gasteiger partial charge in [-0.25, -0.2) is 0 Å². The van der Waals surface area contributed by atoms with E-state index in [1.54, 1.807) is 6.20 Å². The summed E-state index contributed by atoms with van der Waals surface area (Å²) in [4.78, 5) is 0. The summed E-state index contributed by atoms with van der Waals surface area (Å²) in [5.41, 5.74) is 7.58. The smallest absolute Gasteiger partial charge is 0.0630 e. The van der Waals surface area contributed by atoms with Crippen molar-refractivity contribution in [1.29, 1.82) is 0 Å². The molecule has 0 amide bonds. The lowest BCUT2D eigenvalue weighted by Crippen LogP contribution is -2.06. The Morgan fingerprint density at radius 2 is 2.07 bits per heavy atom. The molecule has 1 aromatic carbocycles. The van der Waals surface area contributed by atoms with E-state index in [1.165, 1.54) is 16.7 Å². The van der Waals surface area contributed by atoms with Crippen LogP contribution in [0.4, 0.5) is 0 Å². The van der Waals surface area contributed by atoms with Crippen molar-refractivity contribution in [3.8, 4) is 0 Å². The van der Waals surface area contributed by atoms with Gasteiger partial charge in [-0.1, -0.05) is 29.5 Å². The third-order valence-electron chi connectivity index (χ3n) is 2.49. The van der Waals surface area contributed by atoms with E-state index in [2.05, 4.69) is 41.7 Å². The Balaban J connectivity index is 2.43. The third-order valence-corrected chi connectivity index (χ3v) is 2.49. The second-order valence-corrected chi connectivity index (χ2v) is 3.50. The van der Waals surface area contributed by atoms with Crippen LogP contribution in [0.25, 0.3) is 5.57 Å². The van der Waals surface area contributed by atoms with Crippen LogP contribution in [0, 0.1) is 6.92 Å². The van der Waals surface area contributed by atoms with Crippen LogP contribution in [0.15, 0.2) is 52.6 Å². The van der Waals surface area contributed by atoms with Gasteiger partial charge in [0.2, 0.25) is 0 Å². The van der Waals surface area contributed by atoms with Crippen molar-refractivity contribution in [3.63, 3.8) is 0 Å². The minimum absolute atomic E-state index is 0.999. The number of rotatable bonds is 1. The van der Waals surface area contributed by atoms with Crippen LogP contribution >= 0.6 is 0 Å². The lowest BCUT2D eigenvalue weighted by molar-refractivity contribution is 0.814. The maximum absolute atomic E-state index is 3.77. The van der Waals surface area contributed by atoms with Gasteiger partial charge >= 0.3 is 0 Å². The minimum Gasteiger partial charge on any atom is -0.259 e. The quantitative estimate of drug-likeness (QED) is 0.740. The summed E-state index contributed by atoms with van der Waals surface area (Å²) in [5, 5.41) is 7.49. The number of allylic oxidation sites excluding steroid dienone is 2. The van der Waals surface area contributed by atoms with Crippen LogP contribution in [0.3, 0.4) is 0 Å². The van der Waals surface area contributed by atoms with Gasteiger partial charge in [0.15, 0.2) is 0 Å². The molecule has 0 saturated heterocycles. The number of hydrogen-bond donors (Lipinski definition) is 1. The van der Waals surface area contributed by atoms with Gasteiger partial charge in [0, 0.05) is 0 Å². The molecule has 0 spiro atoms. The molecule has 0 aromatic heterocycles. The molecule has 1 N–H and O–H groups in total. The Kier molecular flexibility index (Phi) is 2.63. The van der Waals surface area contributed by atoms with Crippen molar-refractivity contribution >= 4 is 5.57 Å². The van der Waals surface area contributed by atoms with Crippen molar-refractivity contribution in [2.24, 2.45) is 10.3 Å². The van der Waals surface area contributed by atoms with Crippen LogP contribution < -0.4 is 5.43 Å². The summed E-state index contributed by atoms with van der Waals surface area (Å²) in [6.45, 7) is 4.18. The lowest BCUT2D eigenvalue weighted by Gasteiger charge is -2.11. The van der Waals surface area contributed by atoms with Crippen molar-refractivity contribution in [2.75, 3.05) is 0 Å². The first-order valence-corrected chi connectivity index (χ1v) is 4.88. The van der Waals surface area contributed by atoms with E-state index in [-0.39, 0.29) is 0 Å². The van der Waals surface area contributed by atoms with Crippen molar-refractivity contribution in [3.05, 3.63) is 53.4 Å². The van der Waals surface area contributed by atoms with E-state index >= 15 is 0 Å². The standard InChI is InChI=1S/C12H13N3/c1-9-5-3-4-6-11(9)10(2)12-7-8-13-15-14-12/h3-8H,1-2H3,(H,13,14). The maximum atomic E-state index is 3.77. The molecule has 1 heterocycles. The number of benzene rings is 1. The second-order valence-electron chi connectivity index (χ2n) is 3.50. The SMILES string of the molecule is CC(=C1C=CN=NN1)c1ccccc1C. The molecular formula is C12H13N3. The van der Waals surface area contributed by atoms with Gasteiger partial charge in [-0.3, -0.25) is 5.43 Å². The highest BCUT2D eigenvalue weighted by molar-refractivity contribution is 5.70. The lowest BCUT2D eigenvalue weighted by atomic mass is 10.0. The van der Waals surface area contributed by atoms with Crippen molar-refractivity contribution in [2.45, 2.75) is 13.8 Å². The molecule has 0 bridgehead atoms. The number of nitrogens with zero attached hydrogens (tertiary/aromatic N) is 2. The summed E-state index contributed by atoms with van der Waals surface area (Å²) in [5.74, 6) is 0. The fourth-order valence-corrected chi connectivity index (χ4v) is 1.61. The average Bonchev–Trinajstić information content (AvgIpc) is 2.30. The largest absolute Gasteiger partial charge is 0.259 e. The van der Waals surface area contributed by atoms with Crippen LogP contribution in [0.1, 0.15) is 18.1 Å². The van der Waals surface area contributed by atoms with Crippen molar-refractivity contribution in [1.82, 2.24) is 5.43 Å². The van der Waals surface area contributed by atoms with Gasteiger partial charge in [0.05, 0.1) is 11.9 Å². The molecule has 0 unspecified atom stereocenters. The number of nitrogens with one attached hydrogen (secondary N) is 1. The Bertz CT molecular complexity index is 456. The monoisotopic (exact) mass is 199 g/mol. The number of aryl methyl sites for hydroxylation is 1. The Morgan fingerprint density at radius 1 is 1.27 bits per heavy atom. The maximum Gasteiger partial charge on any atom is 0.0630 e. The summed E-state index contributed by atoms with van der Waals surface area (Å²) in [7, 11) is 0. The molecule has 15 heavy (non-hydrogen) atoms. The zero-order chi connectivity index (χ0) is 10.7. The highest BCUT2D eigenvalue weighted by Gasteiger charge is 2.05. The first kappa shape index (κ1) is 9.65. The summed E-state index contributed by atoms with van der Waals surface area (Å²) < 4.78 is 0. The molecule has 0 fully saturated rings. The molecule has 3 nitrogen and oxygen atoms in total. The fraction of sp³-hybridized carbons (Fsp3) is 0.167. The van der Waals surface area contributed by atoms with Crippen LogP contribution in [-0.2, 0) is 0 Å². The molecule has 2 rings (SSSR count). The van der Waals surface area contributed by atoms with E-state index in [4.69, 9.17) is 0 Å². The molecule has 3 heteroatoms. The van der Waals surface area contributed by atoms with Crippen LogP contribution in [0.2, 0.25) is 0 Å². The van der Waals surface area contributed by atoms with Crippen LogP contribution in [0.5, 0.6) is 0 Å². The van der Waals surface area contributed by atoms with Gasteiger partial charge in [0.25, 0.3) is 0 Å². The minimum atomic E-state index is 0.999. The molecule has 0 aliphatic carbocycles. The zero-order valence-electron chi connectivity index (χ0n) is 8.86. The molecule has 0 atom stereocenters. The molecular weight excluding hydrogens is 186 g/mol. The van der Waals surface area contributed by atoms with E-state index < -0.39 is 0 Å². The van der Waals surface area contributed by atoms with Crippen LogP contribution in [-0.4, -0.2) is 0 Å². The van der Waals surface area contributed by atoms with Crippen molar-refractivity contribution < 1.29 is 0 Å². The average molecular weight is 199 g/mol. The molecule has 76 valence electrons. The van der Waals surface area contributed by atoms with E-state index in [1.807, 2.05) is 18.2 Å². The van der Waals surface area contributed by atoms with Gasteiger partial charge in [0.1, 0.15) is 0 Å². The molecule has 0 saturated carbocycles. The van der Waals surface area contributed by atoms with E-state index in [9.17, 15) is 0 Å². The molecule has 1 aromatic rings. The predicted molar refractivity (Wildman–Crippen MR) is 60.9 cm³/mol. The number of hydrogen-bond acceptors (Lipinski definition) is 3. The van der Waals surface area contributed by atoms with Gasteiger partial charge < -0.3 is 0 Å². The zero-order valence-corrected chi connectivity index (χ0v) is 8.86. The van der Waals surface area contributed by atoms with Gasteiger partial charge in [-0.2, -0.15) is 0 Å². The highest BCUT2D eigenvalue weighted by atomic mass is 15.4. The van der Waals surface area contributed by atoms with E-state index in [0.29, 0.717) is 0 Å². The predicted octanol–water partition coefficient (Wildman–Crippen LogP) is 3.21. The molecule has 1 aliphatic rings. The summed E-state index contributed by atoms with van der Waals surface area (Å²) in [6, 6.07) is 8.30. The van der Waals surface area contributed by atoms with Gasteiger partial charge in [-0.15, -0.1) is 5.11 Å². The van der Waals surface area contributed by atoms with Gasteiger partial charge in [-0.05, 0) is 36.6 Å². The first-order valence-electron chi connectivity index (χ1n) is 4.88. The summed E-state index contributed by atoms with van der Waals surface area (Å²) >= 11 is 0. The van der Waals surface area contributed by atoms with E-state index in [0.717, 1.165) is 5.70 Å². The summed E-state index contributed by atoms with van der Waals surface area (Å²) in [6.07, 6.45) is 3.61. The topological polar surface area (TPSA) is 36.8 Å². The third kappa shape index (κ3) is 1.96. The molecule has 0 radical (unpaired) electrons. The molecule has 1 aliphatic heterocycles. The Morgan fingerprint density at radius 3 is 2.73 bits per heavy atom.